The lowest BCUT2D eigenvalue weighted by Gasteiger charge is -2.28. The molecule has 0 saturated heterocycles. The van der Waals surface area contributed by atoms with E-state index in [1.165, 1.54) is 0 Å². The summed E-state index contributed by atoms with van der Waals surface area (Å²) in [4.78, 5) is 108. The average molecular weight is 883 g/mol. The summed E-state index contributed by atoms with van der Waals surface area (Å²) in [5.74, 6) is 0. The Morgan fingerprint density at radius 3 is 0.795 bits per heavy atom. The van der Waals surface area contributed by atoms with Gasteiger partial charge in [0.2, 0.25) is 0 Å². The van der Waals surface area contributed by atoms with Crippen molar-refractivity contribution in [2.45, 2.75) is 6.55 Å². The molecule has 0 aromatic carbocycles. The SMILES string of the molecule is CO[SiH](O[SiH](O[SiH](O[SiH](O[SiH](O[SiH](C)OP(=O)(O)O)OP(=O)(O)O)OP(=O)(O)O)OP(=O)(O)O)OP(=O)(O)O)OP(=O)(O)O. The first-order valence-electron chi connectivity index (χ1n) is 9.58. The van der Waals surface area contributed by atoms with Crippen molar-refractivity contribution in [1.82, 2.24) is 0 Å². The molecule has 6 atom stereocenters. The van der Waals surface area contributed by atoms with Crippen molar-refractivity contribution in [2.75, 3.05) is 7.11 Å². The molecule has 0 rings (SSSR count). The standard InChI is InChI=1S/C2H24O30P6Si6/c1-21-40(23-34(6,7)8)29-42(25-36(12,13)14)31-44(27-38(18,19)20)32-43(26-37(15,16)17)30-41(24-35(9,10)11)28-39(2)22-33(3,4)5/h39-44H,1-2H3,(H2,3,4,5)(H2,6,7,8)(H2,9,10,11)(H2,12,13,14)(H2,15,16,17)(H2,18,19,20). The molecule has 0 saturated carbocycles. The average Bonchev–Trinajstić information content (AvgIpc) is 2.65. The number of phosphoric acid groups is 6. The van der Waals surface area contributed by atoms with Gasteiger partial charge >= 0.3 is 104 Å². The second-order valence-electron chi connectivity index (χ2n) is 6.50. The topological polar surface area (TPSA) is 456 Å². The fourth-order valence-corrected chi connectivity index (χ4v) is 22.5. The van der Waals surface area contributed by atoms with Gasteiger partial charge in [-0.15, -0.1) is 0 Å². The lowest BCUT2D eigenvalue weighted by Crippen LogP contribution is -2.47. The quantitative estimate of drug-likeness (QED) is 0.0335. The molecule has 0 spiro atoms. The molecule has 0 aromatic heterocycles. The molecular formula is C2H24O30P6Si6. The molecule has 0 heterocycles. The van der Waals surface area contributed by atoms with Gasteiger partial charge < -0.3 is 87.9 Å². The fraction of sp³-hybridized carbons (Fsp3) is 1.00. The molecule has 266 valence electrons. The van der Waals surface area contributed by atoms with Gasteiger partial charge in [-0.2, -0.15) is 0 Å². The lowest BCUT2D eigenvalue weighted by molar-refractivity contribution is 0.139. The summed E-state index contributed by atoms with van der Waals surface area (Å²) in [5, 5.41) is 0. The molecule has 44 heavy (non-hydrogen) atoms. The van der Waals surface area contributed by atoms with Crippen molar-refractivity contribution in [2.24, 2.45) is 0 Å². The summed E-state index contributed by atoms with van der Waals surface area (Å²) >= 11 is 0. The maximum atomic E-state index is 11.5. The zero-order valence-corrected chi connectivity index (χ0v) is 33.2. The predicted molar refractivity (Wildman–Crippen MR) is 140 cm³/mol. The summed E-state index contributed by atoms with van der Waals surface area (Å²) in [7, 11) is -60.4. The van der Waals surface area contributed by atoms with Crippen molar-refractivity contribution < 1.29 is 136 Å². The van der Waals surface area contributed by atoms with Crippen molar-refractivity contribution in [3.8, 4) is 0 Å². The Bertz CT molecular complexity index is 1160. The Kier molecular flexibility index (Phi) is 19.4. The van der Waals surface area contributed by atoms with Gasteiger partial charge in [-0.3, -0.25) is 21.1 Å². The highest BCUT2D eigenvalue weighted by molar-refractivity contribution is 7.49. The third-order valence-electron chi connectivity index (χ3n) is 2.79. The second kappa shape index (κ2) is 18.6. The Morgan fingerprint density at radius 2 is 0.568 bits per heavy atom. The summed E-state index contributed by atoms with van der Waals surface area (Å²) in [6.45, 7) is 0.826. The van der Waals surface area contributed by atoms with Crippen LogP contribution in [0.15, 0.2) is 0 Å². The zero-order valence-electron chi connectivity index (χ0n) is 20.9. The molecule has 6 unspecified atom stereocenters. The van der Waals surface area contributed by atoms with Crippen molar-refractivity contribution in [1.29, 1.82) is 0 Å². The van der Waals surface area contributed by atoms with E-state index in [0.29, 0.717) is 7.11 Å². The smallest absolute Gasteiger partial charge is 0.398 e. The molecule has 0 amide bonds. The minimum atomic E-state index is -5.83. The largest absolute Gasteiger partial charge is 0.484 e. The van der Waals surface area contributed by atoms with Crippen LogP contribution in [0.25, 0.3) is 0 Å². The van der Waals surface area contributed by atoms with Gasteiger partial charge in [-0.25, -0.2) is 27.4 Å². The van der Waals surface area contributed by atoms with Crippen molar-refractivity contribution >= 4 is 104 Å². The van der Waals surface area contributed by atoms with Crippen LogP contribution in [0.1, 0.15) is 0 Å². The van der Waals surface area contributed by atoms with Crippen molar-refractivity contribution in [3.05, 3.63) is 0 Å². The summed E-state index contributed by atoms with van der Waals surface area (Å²) in [6, 6.07) is 0. The highest BCUT2D eigenvalue weighted by Crippen LogP contribution is 2.43. The first-order chi connectivity index (χ1) is 19.3. The molecule has 0 aromatic rings. The summed E-state index contributed by atoms with van der Waals surface area (Å²) in [6.07, 6.45) is 0. The minimum Gasteiger partial charge on any atom is -0.398 e. The van der Waals surface area contributed by atoms with Crippen LogP contribution >= 0.6 is 46.9 Å². The number of rotatable bonds is 23. The van der Waals surface area contributed by atoms with Crippen LogP contribution in [-0.2, 0) is 77.7 Å². The lowest BCUT2D eigenvalue weighted by atomic mass is 11.8. The van der Waals surface area contributed by atoms with E-state index in [1.807, 2.05) is 0 Å². The first-order valence-corrected chi connectivity index (χ1v) is 27.9. The Balaban J connectivity index is 6.46. The maximum absolute atomic E-state index is 11.5. The fourth-order valence-electron chi connectivity index (χ4n) is 1.75. The van der Waals surface area contributed by atoms with Crippen molar-refractivity contribution in [3.63, 3.8) is 0 Å². The van der Waals surface area contributed by atoms with Gasteiger partial charge in [0.25, 0.3) is 0 Å². The van der Waals surface area contributed by atoms with E-state index >= 15 is 0 Å². The molecule has 0 bridgehead atoms. The number of hydrogen-bond acceptors (Lipinski definition) is 18. The van der Waals surface area contributed by atoms with Gasteiger partial charge in [-0.1, -0.05) is 0 Å². The van der Waals surface area contributed by atoms with Crippen LogP contribution in [-0.4, -0.2) is 123 Å². The maximum Gasteiger partial charge on any atom is 0.484 e. The highest BCUT2D eigenvalue weighted by atomic mass is 31.2. The zero-order chi connectivity index (χ0) is 34.9. The third kappa shape index (κ3) is 27.6. The van der Waals surface area contributed by atoms with Gasteiger partial charge in [0, 0.05) is 7.11 Å². The molecule has 30 nitrogen and oxygen atoms in total. The highest BCUT2D eigenvalue weighted by Gasteiger charge is 2.44. The summed E-state index contributed by atoms with van der Waals surface area (Å²) in [5.41, 5.74) is 0. The van der Waals surface area contributed by atoms with E-state index in [1.54, 1.807) is 0 Å². The third-order valence-corrected chi connectivity index (χ3v) is 23.9. The van der Waals surface area contributed by atoms with Gasteiger partial charge in [0.05, 0.1) is 0 Å². The number of hydrogen-bond donors (Lipinski definition) is 12. The van der Waals surface area contributed by atoms with Crippen LogP contribution in [0.5, 0.6) is 0 Å². The summed E-state index contributed by atoms with van der Waals surface area (Å²) < 4.78 is 121. The molecule has 0 fully saturated rings. The van der Waals surface area contributed by atoms with Crippen LogP contribution in [0.3, 0.4) is 0 Å². The molecule has 0 aliphatic rings. The second-order valence-corrected chi connectivity index (χ2v) is 27.4. The Labute approximate surface area is 253 Å². The molecule has 0 aliphatic carbocycles. The first kappa shape index (κ1) is 45.7. The van der Waals surface area contributed by atoms with E-state index in [9.17, 15) is 37.2 Å². The molecule has 42 heteroatoms. The van der Waals surface area contributed by atoms with Gasteiger partial charge in [0.15, 0.2) is 0 Å². The van der Waals surface area contributed by atoms with E-state index in [4.69, 9.17) is 69.5 Å². The van der Waals surface area contributed by atoms with Gasteiger partial charge in [-0.05, 0) is 6.55 Å². The predicted octanol–water partition coefficient (Wildman–Crippen LogP) is -6.19. The van der Waals surface area contributed by atoms with Gasteiger partial charge in [0.1, 0.15) is 0 Å². The normalized spacial score (nSPS) is 18.4. The molecule has 12 N–H and O–H groups in total. The van der Waals surface area contributed by atoms with Crippen LogP contribution in [0.4, 0.5) is 0 Å². The minimum absolute atomic E-state index is 0.698. The monoisotopic (exact) mass is 882 g/mol. The van der Waals surface area contributed by atoms with E-state index in [2.05, 4.69) is 29.7 Å². The molecule has 0 radical (unpaired) electrons. The Hall–Kier alpha value is 1.72. The Morgan fingerprint density at radius 1 is 0.364 bits per heavy atom. The van der Waals surface area contributed by atoms with E-state index in [0.717, 1.165) is 6.55 Å². The molecular weight excluding hydrogens is 858 g/mol. The van der Waals surface area contributed by atoms with Crippen LogP contribution < -0.4 is 0 Å². The van der Waals surface area contributed by atoms with Crippen LogP contribution in [0, 0.1) is 0 Å². The molecule has 0 aliphatic heterocycles. The van der Waals surface area contributed by atoms with E-state index in [-0.39, 0.29) is 0 Å². The van der Waals surface area contributed by atoms with Crippen LogP contribution in [0.2, 0.25) is 6.55 Å². The van der Waals surface area contributed by atoms with E-state index < -0.39 is 104 Å².